The van der Waals surface area contributed by atoms with Crippen molar-refractivity contribution >= 4 is 8.56 Å². The fourth-order valence-electron chi connectivity index (χ4n) is 2.65. The van der Waals surface area contributed by atoms with E-state index in [4.69, 9.17) is 8.85 Å². The lowest BCUT2D eigenvalue weighted by molar-refractivity contribution is 0.245. The summed E-state index contributed by atoms with van der Waals surface area (Å²) >= 11 is 0. The Kier molecular flexibility index (Phi) is 3.14. The van der Waals surface area contributed by atoms with E-state index in [1.54, 1.807) is 25.4 Å². The van der Waals surface area contributed by atoms with E-state index < -0.39 is 8.56 Å². The summed E-state index contributed by atoms with van der Waals surface area (Å²) in [6.45, 7) is 2.16. The Balaban J connectivity index is 2.25. The summed E-state index contributed by atoms with van der Waals surface area (Å²) < 4.78 is 11.3. The van der Waals surface area contributed by atoms with Crippen LogP contribution >= 0.6 is 0 Å². The van der Waals surface area contributed by atoms with Crippen molar-refractivity contribution in [3.63, 3.8) is 0 Å². The van der Waals surface area contributed by atoms with Crippen molar-refractivity contribution in [3.05, 3.63) is 23.3 Å². The average Bonchev–Trinajstić information content (AvgIpc) is 2.72. The molecule has 0 N–H and O–H groups in total. The summed E-state index contributed by atoms with van der Waals surface area (Å²) in [6, 6.07) is 0. The van der Waals surface area contributed by atoms with Gasteiger partial charge in [-0.2, -0.15) is 0 Å². The van der Waals surface area contributed by atoms with Gasteiger partial charge in [-0.1, -0.05) is 17.7 Å². The second-order valence-corrected chi connectivity index (χ2v) is 7.99. The van der Waals surface area contributed by atoms with Crippen LogP contribution in [0.25, 0.3) is 0 Å². The van der Waals surface area contributed by atoms with Gasteiger partial charge in [0.2, 0.25) is 0 Å². The maximum absolute atomic E-state index is 5.65. The third-order valence-electron chi connectivity index (χ3n) is 3.80. The molecule has 0 aliphatic heterocycles. The highest BCUT2D eigenvalue weighted by Crippen LogP contribution is 2.44. The van der Waals surface area contributed by atoms with E-state index in [0.29, 0.717) is 5.54 Å². The zero-order chi connectivity index (χ0) is 10.9. The Morgan fingerprint density at radius 3 is 2.53 bits per heavy atom. The van der Waals surface area contributed by atoms with E-state index in [9.17, 15) is 0 Å². The van der Waals surface area contributed by atoms with Gasteiger partial charge in [0, 0.05) is 19.8 Å². The topological polar surface area (TPSA) is 18.5 Å². The molecule has 0 fully saturated rings. The average molecular weight is 224 g/mol. The zero-order valence-corrected chi connectivity index (χ0v) is 10.9. The molecule has 2 nitrogen and oxygen atoms in total. The molecule has 0 spiro atoms. The van der Waals surface area contributed by atoms with Crippen LogP contribution in [0.15, 0.2) is 23.3 Å². The minimum absolute atomic E-state index is 0.447. The SMILES string of the molecule is CO[Si](C)(OC)C1C=CC2=C1CCCC2. The molecule has 1 atom stereocenters. The van der Waals surface area contributed by atoms with Gasteiger partial charge in [-0.15, -0.1) is 0 Å². The molecule has 0 aromatic heterocycles. The highest BCUT2D eigenvalue weighted by molar-refractivity contribution is 6.69. The second-order valence-electron chi connectivity index (χ2n) is 4.52. The van der Waals surface area contributed by atoms with Crippen LogP contribution < -0.4 is 0 Å². The number of hydrogen-bond donors (Lipinski definition) is 0. The van der Waals surface area contributed by atoms with Crippen molar-refractivity contribution in [3.8, 4) is 0 Å². The van der Waals surface area contributed by atoms with E-state index in [1.807, 2.05) is 0 Å². The molecule has 0 bridgehead atoms. The zero-order valence-electron chi connectivity index (χ0n) is 9.88. The molecule has 1 unspecified atom stereocenters. The highest BCUT2D eigenvalue weighted by atomic mass is 28.4. The standard InChI is InChI=1S/C12H20O2Si/c1-13-15(3,14-2)12-9-8-10-6-4-5-7-11(10)12/h8-9,12H,4-7H2,1-3H3. The quantitative estimate of drug-likeness (QED) is 0.686. The Morgan fingerprint density at radius 1 is 1.20 bits per heavy atom. The molecule has 0 saturated heterocycles. The van der Waals surface area contributed by atoms with Crippen LogP contribution in [0, 0.1) is 0 Å². The summed E-state index contributed by atoms with van der Waals surface area (Å²) in [4.78, 5) is 0. The molecule has 2 aliphatic carbocycles. The van der Waals surface area contributed by atoms with E-state index in [2.05, 4.69) is 18.7 Å². The van der Waals surface area contributed by atoms with Gasteiger partial charge < -0.3 is 8.85 Å². The first kappa shape index (κ1) is 11.1. The first-order valence-electron chi connectivity index (χ1n) is 5.71. The molecular formula is C12H20O2Si. The van der Waals surface area contributed by atoms with Crippen molar-refractivity contribution < 1.29 is 8.85 Å². The molecule has 0 aromatic carbocycles. The Morgan fingerprint density at radius 2 is 1.87 bits per heavy atom. The third-order valence-corrected chi connectivity index (χ3v) is 7.09. The van der Waals surface area contributed by atoms with Crippen molar-refractivity contribution in [2.45, 2.75) is 37.8 Å². The summed E-state index contributed by atoms with van der Waals surface area (Å²) in [5.74, 6) is 0. The molecule has 15 heavy (non-hydrogen) atoms. The Bertz CT molecular complexity index is 303. The summed E-state index contributed by atoms with van der Waals surface area (Å²) in [5, 5.41) is 0. The van der Waals surface area contributed by atoms with Gasteiger partial charge in [0.25, 0.3) is 0 Å². The van der Waals surface area contributed by atoms with Crippen LogP contribution in [0.1, 0.15) is 25.7 Å². The molecule has 0 aromatic rings. The minimum Gasteiger partial charge on any atom is -0.397 e. The summed E-state index contributed by atoms with van der Waals surface area (Å²) in [7, 11) is 1.55. The van der Waals surface area contributed by atoms with E-state index >= 15 is 0 Å². The molecule has 3 heteroatoms. The lowest BCUT2D eigenvalue weighted by Crippen LogP contribution is -2.41. The van der Waals surface area contributed by atoms with Crippen LogP contribution in [-0.2, 0) is 8.85 Å². The predicted molar refractivity (Wildman–Crippen MR) is 64.0 cm³/mol. The maximum atomic E-state index is 5.65. The van der Waals surface area contributed by atoms with Crippen LogP contribution in [0.3, 0.4) is 0 Å². The lowest BCUT2D eigenvalue weighted by Gasteiger charge is -2.31. The molecular weight excluding hydrogens is 204 g/mol. The van der Waals surface area contributed by atoms with Crippen molar-refractivity contribution in [1.29, 1.82) is 0 Å². The second kappa shape index (κ2) is 4.24. The fraction of sp³-hybridized carbons (Fsp3) is 0.667. The van der Waals surface area contributed by atoms with Gasteiger partial charge >= 0.3 is 8.56 Å². The third kappa shape index (κ3) is 1.84. The molecule has 0 heterocycles. The summed E-state index contributed by atoms with van der Waals surface area (Å²) in [5.41, 5.74) is 3.60. The maximum Gasteiger partial charge on any atom is 0.345 e. The van der Waals surface area contributed by atoms with Gasteiger partial charge in [0.05, 0.1) is 0 Å². The fourth-order valence-corrected chi connectivity index (χ4v) is 4.74. The van der Waals surface area contributed by atoms with Gasteiger partial charge in [-0.25, -0.2) is 0 Å². The van der Waals surface area contributed by atoms with Gasteiger partial charge in [0.1, 0.15) is 0 Å². The normalized spacial score (nSPS) is 25.9. The first-order chi connectivity index (χ1) is 7.21. The molecule has 0 saturated carbocycles. The van der Waals surface area contributed by atoms with Crippen molar-refractivity contribution in [1.82, 2.24) is 0 Å². The number of rotatable bonds is 3. The molecule has 0 radical (unpaired) electrons. The number of hydrogen-bond acceptors (Lipinski definition) is 2. The largest absolute Gasteiger partial charge is 0.397 e. The first-order valence-corrected chi connectivity index (χ1v) is 8.11. The van der Waals surface area contributed by atoms with E-state index in [-0.39, 0.29) is 0 Å². The molecule has 84 valence electrons. The lowest BCUT2D eigenvalue weighted by atomic mass is 9.94. The van der Waals surface area contributed by atoms with E-state index in [1.165, 1.54) is 25.7 Å². The van der Waals surface area contributed by atoms with Crippen molar-refractivity contribution in [2.75, 3.05) is 14.2 Å². The molecule has 2 aliphatic rings. The smallest absolute Gasteiger partial charge is 0.345 e. The number of allylic oxidation sites excluding steroid dienone is 4. The van der Waals surface area contributed by atoms with Crippen LogP contribution in [0.2, 0.25) is 12.1 Å². The Labute approximate surface area is 93.2 Å². The molecule has 0 amide bonds. The van der Waals surface area contributed by atoms with Crippen LogP contribution in [0.4, 0.5) is 0 Å². The summed E-state index contributed by atoms with van der Waals surface area (Å²) in [6.07, 6.45) is 9.75. The van der Waals surface area contributed by atoms with Crippen LogP contribution in [-0.4, -0.2) is 22.8 Å². The van der Waals surface area contributed by atoms with Gasteiger partial charge in [-0.05, 0) is 37.8 Å². The van der Waals surface area contributed by atoms with Crippen molar-refractivity contribution in [2.24, 2.45) is 0 Å². The predicted octanol–water partition coefficient (Wildman–Crippen LogP) is 3.16. The monoisotopic (exact) mass is 224 g/mol. The Hall–Kier alpha value is -0.383. The van der Waals surface area contributed by atoms with E-state index in [0.717, 1.165) is 0 Å². The van der Waals surface area contributed by atoms with Crippen LogP contribution in [0.5, 0.6) is 0 Å². The highest BCUT2D eigenvalue weighted by Gasteiger charge is 2.42. The minimum atomic E-state index is -2.02. The molecule has 2 rings (SSSR count). The van der Waals surface area contributed by atoms with Gasteiger partial charge in [0.15, 0.2) is 0 Å². The van der Waals surface area contributed by atoms with Gasteiger partial charge in [-0.3, -0.25) is 0 Å².